The molecule has 3 rings (SSSR count). The van der Waals surface area contributed by atoms with Gasteiger partial charge >= 0.3 is 5.97 Å². The molecule has 0 aliphatic carbocycles. The van der Waals surface area contributed by atoms with E-state index in [0.29, 0.717) is 29.1 Å². The molecule has 0 saturated heterocycles. The number of esters is 1. The zero-order valence-corrected chi connectivity index (χ0v) is 16.7. The van der Waals surface area contributed by atoms with Crippen LogP contribution in [0, 0.1) is 13.8 Å². The predicted molar refractivity (Wildman–Crippen MR) is 112 cm³/mol. The molecule has 29 heavy (non-hydrogen) atoms. The zero-order chi connectivity index (χ0) is 20.8. The second-order valence-corrected chi connectivity index (χ2v) is 6.66. The molecule has 0 spiro atoms. The summed E-state index contributed by atoms with van der Waals surface area (Å²) in [7, 11) is 1.32. The highest BCUT2D eigenvalue weighted by atomic mass is 16.5. The molecule has 0 saturated carbocycles. The monoisotopic (exact) mass is 389 g/mol. The van der Waals surface area contributed by atoms with Gasteiger partial charge in [-0.15, -0.1) is 0 Å². The van der Waals surface area contributed by atoms with Gasteiger partial charge in [0.05, 0.1) is 18.4 Å². The lowest BCUT2D eigenvalue weighted by atomic mass is 10.1. The van der Waals surface area contributed by atoms with Gasteiger partial charge in [-0.3, -0.25) is 4.79 Å². The molecule has 1 heterocycles. The van der Waals surface area contributed by atoms with E-state index < -0.39 is 5.97 Å². The lowest BCUT2D eigenvalue weighted by molar-refractivity contribution is 0.0599. The summed E-state index contributed by atoms with van der Waals surface area (Å²) in [5.41, 5.74) is 3.98. The van der Waals surface area contributed by atoms with Crippen LogP contribution in [0.2, 0.25) is 0 Å². The Kier molecular flexibility index (Phi) is 6.29. The molecule has 2 aromatic carbocycles. The standard InChI is InChI=1S/C24H23NO4/c1-16-22(24(27)28-3)17(2)25-23(16)21(26)14-11-18-9-12-20(13-10-18)29-15-19-7-5-4-6-8-19/h4-14,25H,15H2,1-3H3. The summed E-state index contributed by atoms with van der Waals surface area (Å²) in [5, 5.41) is 0. The van der Waals surface area contributed by atoms with Crippen molar-refractivity contribution in [3.8, 4) is 5.75 Å². The first-order chi connectivity index (χ1) is 14.0. The highest BCUT2D eigenvalue weighted by molar-refractivity contribution is 6.08. The molecule has 0 radical (unpaired) electrons. The maximum Gasteiger partial charge on any atom is 0.339 e. The first-order valence-electron chi connectivity index (χ1n) is 9.26. The molecule has 1 aromatic heterocycles. The van der Waals surface area contributed by atoms with Crippen LogP contribution in [0.15, 0.2) is 60.7 Å². The molecule has 0 amide bonds. The molecule has 0 unspecified atom stereocenters. The number of nitrogens with one attached hydrogen (secondary N) is 1. The minimum atomic E-state index is -0.453. The van der Waals surface area contributed by atoms with Gasteiger partial charge in [0.2, 0.25) is 5.78 Å². The van der Waals surface area contributed by atoms with Crippen molar-refractivity contribution in [2.45, 2.75) is 20.5 Å². The van der Waals surface area contributed by atoms with Gasteiger partial charge in [0, 0.05) is 5.69 Å². The number of H-pyrrole nitrogens is 1. The number of carbonyl (C=O) groups is 2. The number of ketones is 1. The number of aryl methyl sites for hydroxylation is 1. The fourth-order valence-electron chi connectivity index (χ4n) is 3.08. The molecule has 0 fully saturated rings. The molecule has 0 bridgehead atoms. The molecule has 1 N–H and O–H groups in total. The van der Waals surface area contributed by atoms with E-state index in [-0.39, 0.29) is 5.78 Å². The van der Waals surface area contributed by atoms with Crippen LogP contribution in [0.4, 0.5) is 0 Å². The lowest BCUT2D eigenvalue weighted by Crippen LogP contribution is -2.04. The van der Waals surface area contributed by atoms with Crippen LogP contribution >= 0.6 is 0 Å². The Morgan fingerprint density at radius 1 is 1.00 bits per heavy atom. The maximum absolute atomic E-state index is 12.5. The quantitative estimate of drug-likeness (QED) is 0.355. The Bertz CT molecular complexity index is 1030. The van der Waals surface area contributed by atoms with E-state index in [1.165, 1.54) is 13.2 Å². The largest absolute Gasteiger partial charge is 0.489 e. The van der Waals surface area contributed by atoms with Gasteiger partial charge in [-0.2, -0.15) is 0 Å². The Morgan fingerprint density at radius 3 is 2.34 bits per heavy atom. The number of rotatable bonds is 7. The molecule has 0 atom stereocenters. The van der Waals surface area contributed by atoms with Crippen molar-refractivity contribution in [3.05, 3.63) is 94.3 Å². The molecular formula is C24H23NO4. The van der Waals surface area contributed by atoms with Crippen molar-refractivity contribution in [1.82, 2.24) is 4.98 Å². The molecule has 3 aromatic rings. The van der Waals surface area contributed by atoms with E-state index in [0.717, 1.165) is 16.9 Å². The van der Waals surface area contributed by atoms with Gasteiger partial charge in [0.1, 0.15) is 12.4 Å². The molecule has 0 aliphatic heterocycles. The first kappa shape index (κ1) is 20.1. The second kappa shape index (κ2) is 9.06. The average molecular weight is 389 g/mol. The van der Waals surface area contributed by atoms with Crippen LogP contribution in [-0.2, 0) is 11.3 Å². The van der Waals surface area contributed by atoms with Crippen LogP contribution in [0.3, 0.4) is 0 Å². The van der Waals surface area contributed by atoms with Crippen LogP contribution < -0.4 is 4.74 Å². The number of carbonyl (C=O) groups excluding carboxylic acids is 2. The SMILES string of the molecule is COC(=O)c1c(C)[nH]c(C(=O)C=Cc2ccc(OCc3ccccc3)cc2)c1C. The number of methoxy groups -OCH3 is 1. The normalized spacial score (nSPS) is 10.9. The lowest BCUT2D eigenvalue weighted by Gasteiger charge is -2.06. The number of hydrogen-bond donors (Lipinski definition) is 1. The van der Waals surface area contributed by atoms with Crippen molar-refractivity contribution < 1.29 is 19.1 Å². The van der Waals surface area contributed by atoms with E-state index in [4.69, 9.17) is 9.47 Å². The van der Waals surface area contributed by atoms with E-state index in [2.05, 4.69) is 4.98 Å². The maximum atomic E-state index is 12.5. The molecule has 0 aliphatic rings. The fourth-order valence-corrected chi connectivity index (χ4v) is 3.08. The summed E-state index contributed by atoms with van der Waals surface area (Å²) in [4.78, 5) is 27.4. The number of aromatic nitrogens is 1. The number of ether oxygens (including phenoxy) is 2. The highest BCUT2D eigenvalue weighted by Crippen LogP contribution is 2.20. The van der Waals surface area contributed by atoms with Gasteiger partial charge in [-0.25, -0.2) is 4.79 Å². The summed E-state index contributed by atoms with van der Waals surface area (Å²) in [6.45, 7) is 3.98. The number of benzene rings is 2. The Labute approximate surface area is 170 Å². The topological polar surface area (TPSA) is 68.4 Å². The minimum absolute atomic E-state index is 0.204. The smallest absolute Gasteiger partial charge is 0.339 e. The van der Waals surface area contributed by atoms with Crippen molar-refractivity contribution in [2.24, 2.45) is 0 Å². The summed E-state index contributed by atoms with van der Waals surface area (Å²) >= 11 is 0. The van der Waals surface area contributed by atoms with Crippen LogP contribution in [0.1, 0.15) is 43.2 Å². The summed E-state index contributed by atoms with van der Waals surface area (Å²) in [6, 6.07) is 17.5. The Morgan fingerprint density at radius 2 is 1.69 bits per heavy atom. The molecule has 148 valence electrons. The third kappa shape index (κ3) is 4.82. The van der Waals surface area contributed by atoms with Crippen molar-refractivity contribution in [2.75, 3.05) is 7.11 Å². The van der Waals surface area contributed by atoms with Gasteiger partial charge in [0.25, 0.3) is 0 Å². The highest BCUT2D eigenvalue weighted by Gasteiger charge is 2.21. The van der Waals surface area contributed by atoms with E-state index >= 15 is 0 Å². The van der Waals surface area contributed by atoms with Gasteiger partial charge < -0.3 is 14.5 Å². The zero-order valence-electron chi connectivity index (χ0n) is 16.7. The Hall–Kier alpha value is -3.60. The van der Waals surface area contributed by atoms with Gasteiger partial charge in [0.15, 0.2) is 0 Å². The average Bonchev–Trinajstić information content (AvgIpc) is 3.05. The fraction of sp³-hybridized carbons (Fsp3) is 0.167. The van der Waals surface area contributed by atoms with Crippen LogP contribution in [0.5, 0.6) is 5.75 Å². The molecular weight excluding hydrogens is 366 g/mol. The summed E-state index contributed by atoms with van der Waals surface area (Å²) in [5.74, 6) is 0.103. The second-order valence-electron chi connectivity index (χ2n) is 6.66. The predicted octanol–water partition coefficient (Wildman–Crippen LogP) is 4.89. The van der Waals surface area contributed by atoms with Crippen molar-refractivity contribution >= 4 is 17.8 Å². The summed E-state index contributed by atoms with van der Waals surface area (Å²) < 4.78 is 10.5. The number of allylic oxidation sites excluding steroid dienone is 1. The van der Waals surface area contributed by atoms with Gasteiger partial charge in [-0.05, 0) is 48.7 Å². The third-order valence-corrected chi connectivity index (χ3v) is 4.63. The molecule has 5 nitrogen and oxygen atoms in total. The van der Waals surface area contributed by atoms with Crippen LogP contribution in [-0.4, -0.2) is 23.8 Å². The van der Waals surface area contributed by atoms with E-state index in [9.17, 15) is 9.59 Å². The molecule has 5 heteroatoms. The van der Waals surface area contributed by atoms with Crippen molar-refractivity contribution in [1.29, 1.82) is 0 Å². The third-order valence-electron chi connectivity index (χ3n) is 4.63. The minimum Gasteiger partial charge on any atom is -0.489 e. The van der Waals surface area contributed by atoms with Crippen molar-refractivity contribution in [3.63, 3.8) is 0 Å². The first-order valence-corrected chi connectivity index (χ1v) is 9.26. The van der Waals surface area contributed by atoms with E-state index in [1.807, 2.05) is 54.6 Å². The van der Waals surface area contributed by atoms with Gasteiger partial charge in [-0.1, -0.05) is 48.5 Å². The number of aromatic amines is 1. The Balaban J connectivity index is 1.65. The van der Waals surface area contributed by atoms with Crippen LogP contribution in [0.25, 0.3) is 6.08 Å². The summed E-state index contributed by atoms with van der Waals surface area (Å²) in [6.07, 6.45) is 3.22. The van der Waals surface area contributed by atoms with E-state index in [1.54, 1.807) is 19.9 Å². The number of hydrogen-bond acceptors (Lipinski definition) is 4.